The predicted molar refractivity (Wildman–Crippen MR) is 85.9 cm³/mol. The molecule has 1 amide bonds. The number of aryl methyl sites for hydroxylation is 1. The summed E-state index contributed by atoms with van der Waals surface area (Å²) in [4.78, 5) is 11.7. The van der Waals surface area contributed by atoms with Crippen molar-refractivity contribution in [1.29, 1.82) is 0 Å². The second-order valence-corrected chi connectivity index (χ2v) is 5.33. The van der Waals surface area contributed by atoms with Crippen molar-refractivity contribution in [3.63, 3.8) is 0 Å². The molecule has 0 bridgehead atoms. The van der Waals surface area contributed by atoms with Crippen LogP contribution in [-0.4, -0.2) is 24.3 Å². The number of halogens is 1. The molecule has 6 nitrogen and oxygen atoms in total. The first kappa shape index (κ1) is 15.4. The van der Waals surface area contributed by atoms with Gasteiger partial charge in [-0.25, -0.2) is 5.43 Å². The molecule has 0 radical (unpaired) electrons. The molecule has 2 aromatic rings. The fourth-order valence-electron chi connectivity index (χ4n) is 1.60. The normalized spacial score (nSPS) is 10.8. The monoisotopic (exact) mass is 400 g/mol. The van der Waals surface area contributed by atoms with E-state index in [9.17, 15) is 9.90 Å². The lowest BCUT2D eigenvalue weighted by Crippen LogP contribution is -2.16. The molecule has 1 heterocycles. The Hall–Kier alpha value is -2.03. The van der Waals surface area contributed by atoms with Crippen molar-refractivity contribution in [2.75, 3.05) is 7.11 Å². The Morgan fingerprint density at radius 1 is 1.48 bits per heavy atom. The summed E-state index contributed by atoms with van der Waals surface area (Å²) < 4.78 is 10.9. The molecule has 0 spiro atoms. The van der Waals surface area contributed by atoms with Gasteiger partial charge in [-0.2, -0.15) is 5.10 Å². The third-order valence-electron chi connectivity index (χ3n) is 2.61. The van der Waals surface area contributed by atoms with Gasteiger partial charge < -0.3 is 14.3 Å². The Balaban J connectivity index is 2.08. The molecule has 7 heteroatoms. The third-order valence-corrected chi connectivity index (χ3v) is 3.44. The molecule has 0 saturated heterocycles. The third kappa shape index (κ3) is 3.75. The SMILES string of the molecule is COc1cc(/C=N\NC(=O)c2ccc(C)o2)cc(I)c1O. The minimum absolute atomic E-state index is 0.0744. The van der Waals surface area contributed by atoms with Gasteiger partial charge in [0.2, 0.25) is 0 Å². The van der Waals surface area contributed by atoms with Gasteiger partial charge in [-0.05, 0) is 59.3 Å². The van der Waals surface area contributed by atoms with Crippen molar-refractivity contribution in [2.45, 2.75) is 6.92 Å². The van der Waals surface area contributed by atoms with Crippen molar-refractivity contribution in [1.82, 2.24) is 5.43 Å². The van der Waals surface area contributed by atoms with Gasteiger partial charge >= 0.3 is 5.91 Å². The molecule has 2 N–H and O–H groups in total. The molecule has 21 heavy (non-hydrogen) atoms. The van der Waals surface area contributed by atoms with Gasteiger partial charge in [-0.15, -0.1) is 0 Å². The van der Waals surface area contributed by atoms with Crippen LogP contribution in [0.5, 0.6) is 11.5 Å². The van der Waals surface area contributed by atoms with Crippen LogP contribution in [0.4, 0.5) is 0 Å². The zero-order valence-electron chi connectivity index (χ0n) is 11.4. The highest BCUT2D eigenvalue weighted by Crippen LogP contribution is 2.31. The topological polar surface area (TPSA) is 84.1 Å². The number of nitrogens with one attached hydrogen (secondary N) is 1. The number of phenols is 1. The maximum absolute atomic E-state index is 11.7. The molecule has 1 aromatic heterocycles. The van der Waals surface area contributed by atoms with Crippen molar-refractivity contribution in [2.24, 2.45) is 5.10 Å². The van der Waals surface area contributed by atoms with Crippen molar-refractivity contribution in [3.05, 3.63) is 44.9 Å². The Kier molecular flexibility index (Phi) is 4.84. The van der Waals surface area contributed by atoms with E-state index >= 15 is 0 Å². The number of carbonyl (C=O) groups excluding carboxylic acids is 1. The Morgan fingerprint density at radius 3 is 2.86 bits per heavy atom. The summed E-state index contributed by atoms with van der Waals surface area (Å²) in [5.41, 5.74) is 3.05. The fraction of sp³-hybridized carbons (Fsp3) is 0.143. The molecule has 0 aliphatic heterocycles. The van der Waals surface area contributed by atoms with Gasteiger partial charge in [0.1, 0.15) is 5.76 Å². The van der Waals surface area contributed by atoms with Crippen molar-refractivity contribution in [3.8, 4) is 11.5 Å². The highest BCUT2D eigenvalue weighted by Gasteiger charge is 2.09. The number of carbonyl (C=O) groups is 1. The smallest absolute Gasteiger partial charge is 0.307 e. The number of hydrazone groups is 1. The van der Waals surface area contributed by atoms with Crippen LogP contribution in [0.3, 0.4) is 0 Å². The number of nitrogens with zero attached hydrogens (tertiary/aromatic N) is 1. The Morgan fingerprint density at radius 2 is 2.24 bits per heavy atom. The standard InChI is InChI=1S/C14H13IN2O4/c1-8-3-4-11(21-8)14(19)17-16-7-9-5-10(15)13(18)12(6-9)20-2/h3-7,18H,1-2H3,(H,17,19)/b16-7-. The van der Waals surface area contributed by atoms with Gasteiger partial charge in [0.15, 0.2) is 17.3 Å². The number of ether oxygens (including phenoxy) is 1. The Labute approximate surface area is 134 Å². The zero-order chi connectivity index (χ0) is 15.4. The van der Waals surface area contributed by atoms with E-state index in [1.54, 1.807) is 31.2 Å². The molecule has 0 unspecified atom stereocenters. The van der Waals surface area contributed by atoms with E-state index in [-0.39, 0.29) is 11.5 Å². The number of furan rings is 1. The van der Waals surface area contributed by atoms with Gasteiger partial charge in [0.25, 0.3) is 0 Å². The second kappa shape index (κ2) is 6.61. The van der Waals surface area contributed by atoms with Gasteiger partial charge in [-0.3, -0.25) is 4.79 Å². The van der Waals surface area contributed by atoms with E-state index in [1.807, 2.05) is 22.6 Å². The fourth-order valence-corrected chi connectivity index (χ4v) is 2.23. The highest BCUT2D eigenvalue weighted by atomic mass is 127. The number of hydrogen-bond acceptors (Lipinski definition) is 5. The van der Waals surface area contributed by atoms with Crippen LogP contribution in [0.25, 0.3) is 0 Å². The van der Waals surface area contributed by atoms with Gasteiger partial charge in [0, 0.05) is 0 Å². The van der Waals surface area contributed by atoms with E-state index in [4.69, 9.17) is 9.15 Å². The maximum Gasteiger partial charge on any atom is 0.307 e. The molecule has 0 aliphatic rings. The van der Waals surface area contributed by atoms with E-state index < -0.39 is 5.91 Å². The van der Waals surface area contributed by atoms with Crippen LogP contribution in [0.2, 0.25) is 0 Å². The minimum Gasteiger partial charge on any atom is -0.504 e. The second-order valence-electron chi connectivity index (χ2n) is 4.16. The van der Waals surface area contributed by atoms with Gasteiger partial charge in [0.05, 0.1) is 16.9 Å². The summed E-state index contributed by atoms with van der Waals surface area (Å²) in [6.07, 6.45) is 1.46. The lowest BCUT2D eigenvalue weighted by atomic mass is 10.2. The van der Waals surface area contributed by atoms with Crippen LogP contribution in [0, 0.1) is 10.5 Å². The lowest BCUT2D eigenvalue weighted by Gasteiger charge is -2.06. The number of benzene rings is 1. The number of phenolic OH excluding ortho intramolecular Hbond substituents is 1. The summed E-state index contributed by atoms with van der Waals surface area (Å²) in [5.74, 6) is 0.839. The first-order valence-electron chi connectivity index (χ1n) is 5.97. The molecule has 0 fully saturated rings. The molecule has 0 aliphatic carbocycles. The highest BCUT2D eigenvalue weighted by molar-refractivity contribution is 14.1. The molecular formula is C14H13IN2O4. The Bertz CT molecular complexity index is 694. The van der Waals surface area contributed by atoms with Gasteiger partial charge in [-0.1, -0.05) is 0 Å². The lowest BCUT2D eigenvalue weighted by molar-refractivity contribution is 0.0926. The first-order valence-corrected chi connectivity index (χ1v) is 7.05. The summed E-state index contributed by atoms with van der Waals surface area (Å²) >= 11 is 1.98. The van der Waals surface area contributed by atoms with Crippen molar-refractivity contribution < 1.29 is 19.1 Å². The summed E-state index contributed by atoms with van der Waals surface area (Å²) in [7, 11) is 1.47. The van der Waals surface area contributed by atoms with E-state index in [0.29, 0.717) is 20.6 Å². The summed E-state index contributed by atoms with van der Waals surface area (Å²) in [5, 5.41) is 13.6. The predicted octanol–water partition coefficient (Wildman–Crippen LogP) is 2.67. The van der Waals surface area contributed by atoms with Crippen LogP contribution in [-0.2, 0) is 0 Å². The largest absolute Gasteiger partial charge is 0.504 e. The number of rotatable bonds is 4. The average molecular weight is 400 g/mol. The minimum atomic E-state index is -0.431. The summed E-state index contributed by atoms with van der Waals surface area (Å²) in [6.45, 7) is 1.75. The molecular weight excluding hydrogens is 387 g/mol. The number of aromatic hydroxyl groups is 1. The zero-order valence-corrected chi connectivity index (χ0v) is 13.5. The van der Waals surface area contributed by atoms with Crippen LogP contribution in [0.15, 0.2) is 33.8 Å². The van der Waals surface area contributed by atoms with Crippen LogP contribution in [0.1, 0.15) is 21.9 Å². The van der Waals surface area contributed by atoms with Crippen LogP contribution < -0.4 is 10.2 Å². The number of methoxy groups -OCH3 is 1. The number of amides is 1. The molecule has 2 rings (SSSR count). The van der Waals surface area contributed by atoms with E-state index in [0.717, 1.165) is 0 Å². The quantitative estimate of drug-likeness (QED) is 0.470. The first-order chi connectivity index (χ1) is 10.0. The molecule has 0 atom stereocenters. The van der Waals surface area contributed by atoms with E-state index in [2.05, 4.69) is 10.5 Å². The maximum atomic E-state index is 11.7. The molecule has 0 saturated carbocycles. The number of hydrogen-bond donors (Lipinski definition) is 2. The van der Waals surface area contributed by atoms with E-state index in [1.165, 1.54) is 13.3 Å². The average Bonchev–Trinajstić information content (AvgIpc) is 2.89. The molecule has 1 aromatic carbocycles. The van der Waals surface area contributed by atoms with Crippen LogP contribution >= 0.6 is 22.6 Å². The summed E-state index contributed by atoms with van der Waals surface area (Å²) in [6, 6.07) is 6.60. The van der Waals surface area contributed by atoms with Crippen molar-refractivity contribution >= 4 is 34.7 Å². The molecule has 110 valence electrons.